The van der Waals surface area contributed by atoms with Gasteiger partial charge in [0, 0.05) is 24.4 Å². The first-order valence-corrected chi connectivity index (χ1v) is 8.94. The van der Waals surface area contributed by atoms with E-state index in [1.165, 1.54) is 23.8 Å². The molecule has 2 aromatic carbocycles. The summed E-state index contributed by atoms with van der Waals surface area (Å²) >= 11 is 0. The van der Waals surface area contributed by atoms with Crippen LogP contribution in [0.5, 0.6) is 0 Å². The topological polar surface area (TPSA) is 35.5 Å². The number of hydrogen-bond donors (Lipinski definition) is 0. The summed E-state index contributed by atoms with van der Waals surface area (Å²) in [6, 6.07) is 19.1. The summed E-state index contributed by atoms with van der Waals surface area (Å²) in [7, 11) is 3.27. The molecule has 1 unspecified atom stereocenters. The van der Waals surface area contributed by atoms with Crippen LogP contribution < -0.4 is 0 Å². The van der Waals surface area contributed by atoms with Crippen molar-refractivity contribution in [2.75, 3.05) is 20.8 Å². The number of benzene rings is 2. The van der Waals surface area contributed by atoms with E-state index in [2.05, 4.69) is 48.5 Å². The average Bonchev–Trinajstić information content (AvgIpc) is 3.07. The lowest BCUT2D eigenvalue weighted by molar-refractivity contribution is -0.149. The van der Waals surface area contributed by atoms with Crippen LogP contribution in [-0.4, -0.2) is 26.8 Å². The van der Waals surface area contributed by atoms with Crippen LogP contribution in [0.4, 0.5) is 0 Å². The van der Waals surface area contributed by atoms with E-state index in [-0.39, 0.29) is 23.2 Å². The average molecular weight is 334 g/mol. The van der Waals surface area contributed by atoms with Crippen molar-refractivity contribution in [1.29, 1.82) is 0 Å². The molecule has 0 bridgehead atoms. The van der Waals surface area contributed by atoms with E-state index in [4.69, 9.17) is 9.47 Å². The van der Waals surface area contributed by atoms with Crippen molar-refractivity contribution in [1.82, 2.24) is 0 Å². The van der Waals surface area contributed by atoms with Gasteiger partial charge in [0.15, 0.2) is 0 Å². The highest BCUT2D eigenvalue weighted by atomic mass is 16.5. The minimum atomic E-state index is -0.488. The van der Waals surface area contributed by atoms with E-state index in [1.807, 2.05) is 6.07 Å². The summed E-state index contributed by atoms with van der Waals surface area (Å²) in [6.45, 7) is 0.607. The van der Waals surface area contributed by atoms with Crippen LogP contribution in [-0.2, 0) is 14.3 Å². The first-order valence-electron chi connectivity index (χ1n) is 8.94. The highest BCUT2D eigenvalue weighted by Gasteiger charge is 2.92. The molecule has 5 atom stereocenters. The maximum absolute atomic E-state index is 13.2. The predicted molar refractivity (Wildman–Crippen MR) is 94.5 cm³/mol. The molecule has 25 heavy (non-hydrogen) atoms. The molecule has 0 spiro atoms. The van der Waals surface area contributed by atoms with Crippen LogP contribution in [0.15, 0.2) is 54.6 Å². The smallest absolute Gasteiger partial charge is 0.313 e. The van der Waals surface area contributed by atoms with Crippen LogP contribution in [0.25, 0.3) is 0 Å². The van der Waals surface area contributed by atoms with Crippen LogP contribution >= 0.6 is 0 Å². The third-order valence-electron chi connectivity index (χ3n) is 7.09. The van der Waals surface area contributed by atoms with Crippen molar-refractivity contribution < 1.29 is 14.3 Å². The number of methoxy groups -OCH3 is 2. The second kappa shape index (κ2) is 4.95. The highest BCUT2D eigenvalue weighted by molar-refractivity contribution is 5.90. The Kier molecular flexibility index (Phi) is 3.00. The second-order valence-electron chi connectivity index (χ2n) is 7.65. The van der Waals surface area contributed by atoms with Gasteiger partial charge < -0.3 is 9.47 Å². The molecule has 3 aliphatic carbocycles. The number of fused-ring (bicyclic) bond motifs is 4. The van der Waals surface area contributed by atoms with Crippen LogP contribution in [0, 0.1) is 10.8 Å². The summed E-state index contributed by atoms with van der Waals surface area (Å²) in [5.74, 6) is 0.671. The minimum absolute atomic E-state index is 0.0691. The van der Waals surface area contributed by atoms with E-state index in [0.29, 0.717) is 12.5 Å². The van der Waals surface area contributed by atoms with Gasteiger partial charge in [-0.15, -0.1) is 0 Å². The van der Waals surface area contributed by atoms with Crippen molar-refractivity contribution in [2.45, 2.75) is 24.2 Å². The Morgan fingerprint density at radius 1 is 1.00 bits per heavy atom. The molecule has 0 N–H and O–H groups in total. The molecule has 2 aromatic rings. The maximum Gasteiger partial charge on any atom is 0.313 e. The normalized spacial score (nSPS) is 36.6. The van der Waals surface area contributed by atoms with Crippen molar-refractivity contribution in [3.8, 4) is 0 Å². The Morgan fingerprint density at radius 3 is 2.36 bits per heavy atom. The number of ether oxygens (including phenoxy) is 2. The summed E-state index contributed by atoms with van der Waals surface area (Å²) in [5.41, 5.74) is 3.33. The molecule has 0 radical (unpaired) electrons. The second-order valence-corrected chi connectivity index (χ2v) is 7.65. The lowest BCUT2D eigenvalue weighted by Crippen LogP contribution is -2.30. The van der Waals surface area contributed by atoms with Crippen molar-refractivity contribution in [3.63, 3.8) is 0 Å². The van der Waals surface area contributed by atoms with Crippen LogP contribution in [0.3, 0.4) is 0 Å². The minimum Gasteiger partial charge on any atom is -0.469 e. The van der Waals surface area contributed by atoms with Gasteiger partial charge in [-0.25, -0.2) is 0 Å². The zero-order valence-corrected chi connectivity index (χ0v) is 14.6. The highest BCUT2D eigenvalue weighted by Crippen LogP contribution is 2.93. The molecule has 128 valence electrons. The Hall–Kier alpha value is -2.13. The van der Waals surface area contributed by atoms with Gasteiger partial charge in [0.1, 0.15) is 0 Å². The molecule has 3 heteroatoms. The van der Waals surface area contributed by atoms with Crippen molar-refractivity contribution >= 4 is 5.97 Å². The zero-order chi connectivity index (χ0) is 17.2. The molecular formula is C22H22O3. The van der Waals surface area contributed by atoms with E-state index in [0.717, 1.165) is 6.42 Å². The Bertz CT molecular complexity index is 841. The quantitative estimate of drug-likeness (QED) is 0.797. The Labute approximate surface area is 148 Å². The van der Waals surface area contributed by atoms with Gasteiger partial charge in [-0.2, -0.15) is 0 Å². The largest absolute Gasteiger partial charge is 0.469 e. The molecule has 3 aliphatic rings. The first-order chi connectivity index (χ1) is 12.2. The summed E-state index contributed by atoms with van der Waals surface area (Å²) in [6.07, 6.45) is 0.982. The number of carbonyl (C=O) groups is 1. The van der Waals surface area contributed by atoms with Crippen LogP contribution in [0.2, 0.25) is 0 Å². The molecule has 0 aromatic heterocycles. The molecule has 2 fully saturated rings. The fourth-order valence-corrected chi connectivity index (χ4v) is 6.49. The van der Waals surface area contributed by atoms with Crippen LogP contribution in [0.1, 0.15) is 40.9 Å². The zero-order valence-electron chi connectivity index (χ0n) is 14.6. The van der Waals surface area contributed by atoms with E-state index < -0.39 is 5.41 Å². The molecule has 0 heterocycles. The van der Waals surface area contributed by atoms with Gasteiger partial charge in [-0.3, -0.25) is 4.79 Å². The van der Waals surface area contributed by atoms with Gasteiger partial charge in [0.05, 0.1) is 19.1 Å². The van der Waals surface area contributed by atoms with Crippen molar-refractivity contribution in [2.24, 2.45) is 10.8 Å². The summed E-state index contributed by atoms with van der Waals surface area (Å²) in [4.78, 5) is 13.2. The predicted octanol–water partition coefficient (Wildman–Crippen LogP) is 3.86. The molecule has 5 rings (SSSR count). The molecular weight excluding hydrogens is 312 g/mol. The summed E-state index contributed by atoms with van der Waals surface area (Å²) < 4.78 is 11.1. The van der Waals surface area contributed by atoms with Gasteiger partial charge in [0.25, 0.3) is 0 Å². The fourth-order valence-electron chi connectivity index (χ4n) is 6.49. The van der Waals surface area contributed by atoms with E-state index in [1.54, 1.807) is 7.11 Å². The van der Waals surface area contributed by atoms with Gasteiger partial charge >= 0.3 is 5.97 Å². The number of carbonyl (C=O) groups excluding carboxylic acids is 1. The van der Waals surface area contributed by atoms with E-state index >= 15 is 0 Å². The number of rotatable bonds is 4. The van der Waals surface area contributed by atoms with Crippen molar-refractivity contribution in [3.05, 3.63) is 71.3 Å². The SMILES string of the molecule is COC[C@@]12[C@H]3C[C@H](c4ccccc4)C1(C(=O)OC)[C@@H]2c1ccccc13. The number of hydrogen-bond acceptors (Lipinski definition) is 3. The molecule has 0 amide bonds. The lowest BCUT2D eigenvalue weighted by Gasteiger charge is -2.25. The van der Waals surface area contributed by atoms with Gasteiger partial charge in [-0.05, 0) is 29.0 Å². The molecule has 2 saturated carbocycles. The van der Waals surface area contributed by atoms with Gasteiger partial charge in [0.2, 0.25) is 0 Å². The first kappa shape index (κ1) is 15.2. The maximum atomic E-state index is 13.2. The standard InChI is InChI=1S/C22H22O3/c1-24-13-21-18-12-17(14-8-4-3-5-9-14)22(21,20(23)25-2)19(21)16-11-7-6-10-15(16)18/h3-11,17-19H,12-13H2,1-2H3/t17-,18+,19-,21+,22?/m1/s1. The number of esters is 1. The fraction of sp³-hybridized carbons (Fsp3) is 0.409. The van der Waals surface area contributed by atoms with E-state index in [9.17, 15) is 4.79 Å². The molecule has 0 aliphatic heterocycles. The molecule has 0 saturated heterocycles. The Balaban J connectivity index is 1.74. The molecule has 3 nitrogen and oxygen atoms in total. The lowest BCUT2D eigenvalue weighted by atomic mass is 9.80. The third-order valence-corrected chi connectivity index (χ3v) is 7.09. The van der Waals surface area contributed by atoms with Gasteiger partial charge in [-0.1, -0.05) is 54.6 Å². The summed E-state index contributed by atoms with van der Waals surface area (Å²) in [5, 5.41) is 0. The monoisotopic (exact) mass is 334 g/mol. The third kappa shape index (κ3) is 1.50. The Morgan fingerprint density at radius 2 is 1.68 bits per heavy atom.